The highest BCUT2D eigenvalue weighted by Crippen LogP contribution is 2.38. The molecule has 70 valence electrons. The summed E-state index contributed by atoms with van der Waals surface area (Å²) < 4.78 is 5.73. The van der Waals surface area contributed by atoms with Crippen molar-refractivity contribution in [2.24, 2.45) is 0 Å². The SMILES string of the molecule is ClC[C@@H]1CS[C@@H](c2ccccc2)O1. The van der Waals surface area contributed by atoms with E-state index in [-0.39, 0.29) is 11.5 Å². The molecule has 0 amide bonds. The van der Waals surface area contributed by atoms with Gasteiger partial charge in [-0.25, -0.2) is 0 Å². The Labute approximate surface area is 87.4 Å². The molecule has 2 atom stereocenters. The average Bonchev–Trinajstić information content (AvgIpc) is 2.67. The monoisotopic (exact) mass is 214 g/mol. The van der Waals surface area contributed by atoms with E-state index in [9.17, 15) is 0 Å². The first-order chi connectivity index (χ1) is 6.40. The van der Waals surface area contributed by atoms with Gasteiger partial charge in [0.15, 0.2) is 0 Å². The highest BCUT2D eigenvalue weighted by molar-refractivity contribution is 7.99. The van der Waals surface area contributed by atoms with Crippen molar-refractivity contribution in [3.63, 3.8) is 0 Å². The molecule has 1 aliphatic heterocycles. The van der Waals surface area contributed by atoms with E-state index < -0.39 is 0 Å². The van der Waals surface area contributed by atoms with Gasteiger partial charge in [0, 0.05) is 11.6 Å². The lowest BCUT2D eigenvalue weighted by Crippen LogP contribution is -2.10. The molecule has 1 aromatic rings. The first-order valence-electron chi connectivity index (χ1n) is 4.28. The molecule has 1 fully saturated rings. The highest BCUT2D eigenvalue weighted by atomic mass is 35.5. The Balaban J connectivity index is 2.04. The van der Waals surface area contributed by atoms with Gasteiger partial charge in [-0.15, -0.1) is 23.4 Å². The van der Waals surface area contributed by atoms with E-state index in [0.29, 0.717) is 5.88 Å². The Hall–Kier alpha value is -0.180. The predicted octanol–water partition coefficient (Wildman–Crippen LogP) is 3.06. The third-order valence-corrected chi connectivity index (χ3v) is 3.59. The number of alkyl halides is 1. The molecule has 2 rings (SSSR count). The first-order valence-corrected chi connectivity index (χ1v) is 5.86. The number of ether oxygens (including phenoxy) is 1. The standard InChI is InChI=1S/C10H11ClOS/c11-6-9-7-13-10(12-9)8-4-2-1-3-5-8/h1-5,9-10H,6-7H2/t9-,10+/m1/s1. The van der Waals surface area contributed by atoms with Gasteiger partial charge in [0.25, 0.3) is 0 Å². The summed E-state index contributed by atoms with van der Waals surface area (Å²) in [5.41, 5.74) is 1.42. The van der Waals surface area contributed by atoms with E-state index >= 15 is 0 Å². The summed E-state index contributed by atoms with van der Waals surface area (Å²) in [7, 11) is 0. The minimum Gasteiger partial charge on any atom is -0.357 e. The summed E-state index contributed by atoms with van der Waals surface area (Å²) in [5, 5.41) is 0. The summed E-state index contributed by atoms with van der Waals surface area (Å²) in [4.78, 5) is 0. The molecule has 0 aromatic heterocycles. The number of benzene rings is 1. The van der Waals surface area contributed by atoms with Crippen LogP contribution in [-0.4, -0.2) is 17.7 Å². The molecule has 1 aromatic carbocycles. The van der Waals surface area contributed by atoms with Crippen molar-refractivity contribution in [1.82, 2.24) is 0 Å². The molecule has 0 aliphatic carbocycles. The number of rotatable bonds is 2. The zero-order valence-corrected chi connectivity index (χ0v) is 8.72. The zero-order chi connectivity index (χ0) is 9.10. The first kappa shape index (κ1) is 9.38. The van der Waals surface area contributed by atoms with E-state index in [1.54, 1.807) is 0 Å². The lowest BCUT2D eigenvalue weighted by Gasteiger charge is -2.10. The van der Waals surface area contributed by atoms with Crippen LogP contribution in [0.2, 0.25) is 0 Å². The van der Waals surface area contributed by atoms with Gasteiger partial charge in [-0.3, -0.25) is 0 Å². The summed E-state index contributed by atoms with van der Waals surface area (Å²) in [6.07, 6.45) is 0.219. The van der Waals surface area contributed by atoms with Gasteiger partial charge < -0.3 is 4.74 Å². The maximum absolute atomic E-state index is 5.73. The van der Waals surface area contributed by atoms with E-state index in [1.165, 1.54) is 5.56 Å². The molecule has 1 saturated heterocycles. The number of halogens is 1. The molecule has 0 N–H and O–H groups in total. The normalized spacial score (nSPS) is 27.8. The fraction of sp³-hybridized carbons (Fsp3) is 0.400. The molecule has 1 aliphatic rings. The van der Waals surface area contributed by atoms with Gasteiger partial charge in [-0.2, -0.15) is 0 Å². The van der Waals surface area contributed by atoms with Crippen molar-refractivity contribution < 1.29 is 4.74 Å². The lowest BCUT2D eigenvalue weighted by molar-refractivity contribution is 0.0811. The predicted molar refractivity (Wildman–Crippen MR) is 57.2 cm³/mol. The second-order valence-corrected chi connectivity index (χ2v) is 4.39. The molecule has 1 nitrogen and oxygen atoms in total. The summed E-state index contributed by atoms with van der Waals surface area (Å²) in [6, 6.07) is 10.3. The fourth-order valence-corrected chi connectivity index (χ4v) is 2.80. The third-order valence-electron chi connectivity index (χ3n) is 1.99. The second kappa shape index (κ2) is 4.36. The molecular weight excluding hydrogens is 204 g/mol. The molecule has 0 unspecified atom stereocenters. The lowest BCUT2D eigenvalue weighted by atomic mass is 10.2. The number of thioether (sulfide) groups is 1. The average molecular weight is 215 g/mol. The Morgan fingerprint density at radius 1 is 1.38 bits per heavy atom. The van der Waals surface area contributed by atoms with Crippen LogP contribution in [0.25, 0.3) is 0 Å². The van der Waals surface area contributed by atoms with Crippen LogP contribution in [0.5, 0.6) is 0 Å². The van der Waals surface area contributed by atoms with Gasteiger partial charge in [0.2, 0.25) is 0 Å². The van der Waals surface area contributed by atoms with Crippen molar-refractivity contribution in [1.29, 1.82) is 0 Å². The van der Waals surface area contributed by atoms with Crippen molar-refractivity contribution in [3.8, 4) is 0 Å². The Morgan fingerprint density at radius 2 is 2.15 bits per heavy atom. The Kier molecular flexibility index (Phi) is 3.14. The minimum atomic E-state index is 0.185. The van der Waals surface area contributed by atoms with E-state index in [2.05, 4.69) is 12.1 Å². The third kappa shape index (κ3) is 2.19. The molecule has 3 heteroatoms. The smallest absolute Gasteiger partial charge is 0.129 e. The zero-order valence-electron chi connectivity index (χ0n) is 7.15. The van der Waals surface area contributed by atoms with Crippen LogP contribution in [0.15, 0.2) is 30.3 Å². The van der Waals surface area contributed by atoms with Crippen molar-refractivity contribution in [2.45, 2.75) is 11.5 Å². The summed E-state index contributed by atoms with van der Waals surface area (Å²) in [6.45, 7) is 0. The van der Waals surface area contributed by atoms with Gasteiger partial charge in [0.1, 0.15) is 5.44 Å². The fourth-order valence-electron chi connectivity index (χ4n) is 1.31. The second-order valence-electron chi connectivity index (χ2n) is 2.99. The maximum Gasteiger partial charge on any atom is 0.129 e. The van der Waals surface area contributed by atoms with E-state index in [1.807, 2.05) is 30.0 Å². The van der Waals surface area contributed by atoms with E-state index in [4.69, 9.17) is 16.3 Å². The van der Waals surface area contributed by atoms with Crippen LogP contribution in [0, 0.1) is 0 Å². The number of hydrogen-bond donors (Lipinski definition) is 0. The van der Waals surface area contributed by atoms with Crippen LogP contribution in [-0.2, 0) is 4.74 Å². The molecule has 0 spiro atoms. The van der Waals surface area contributed by atoms with Crippen LogP contribution >= 0.6 is 23.4 Å². The topological polar surface area (TPSA) is 9.23 Å². The van der Waals surface area contributed by atoms with Crippen LogP contribution < -0.4 is 0 Å². The van der Waals surface area contributed by atoms with E-state index in [0.717, 1.165) is 5.75 Å². The van der Waals surface area contributed by atoms with Crippen LogP contribution in [0.3, 0.4) is 0 Å². The van der Waals surface area contributed by atoms with Gasteiger partial charge >= 0.3 is 0 Å². The Morgan fingerprint density at radius 3 is 2.77 bits per heavy atom. The van der Waals surface area contributed by atoms with Crippen molar-refractivity contribution in [3.05, 3.63) is 35.9 Å². The van der Waals surface area contributed by atoms with Crippen LogP contribution in [0.1, 0.15) is 11.0 Å². The molecular formula is C10H11ClOS. The van der Waals surface area contributed by atoms with Crippen molar-refractivity contribution in [2.75, 3.05) is 11.6 Å². The van der Waals surface area contributed by atoms with Gasteiger partial charge in [-0.1, -0.05) is 30.3 Å². The maximum atomic E-state index is 5.73. The molecule has 0 radical (unpaired) electrons. The quantitative estimate of drug-likeness (QED) is 0.700. The largest absolute Gasteiger partial charge is 0.357 e. The minimum absolute atomic E-state index is 0.185. The van der Waals surface area contributed by atoms with Gasteiger partial charge in [-0.05, 0) is 5.56 Å². The molecule has 1 heterocycles. The van der Waals surface area contributed by atoms with Gasteiger partial charge in [0.05, 0.1) is 6.10 Å². The molecule has 13 heavy (non-hydrogen) atoms. The molecule has 0 bridgehead atoms. The number of hydrogen-bond acceptors (Lipinski definition) is 2. The van der Waals surface area contributed by atoms with Crippen LogP contribution in [0.4, 0.5) is 0 Å². The Bertz CT molecular complexity index is 265. The summed E-state index contributed by atoms with van der Waals surface area (Å²) >= 11 is 7.54. The molecule has 0 saturated carbocycles. The van der Waals surface area contributed by atoms with Crippen molar-refractivity contribution >= 4 is 23.4 Å². The highest BCUT2D eigenvalue weighted by Gasteiger charge is 2.25. The summed E-state index contributed by atoms with van der Waals surface area (Å²) in [5.74, 6) is 1.60.